The molecule has 0 unspecified atom stereocenters. The van der Waals surface area contributed by atoms with Crippen LogP contribution in [0.4, 0.5) is 0 Å². The average Bonchev–Trinajstić information content (AvgIpc) is 3.69. The number of rotatable bonds is 8. The maximum Gasteiger partial charge on any atom is 0.332 e. The molecule has 3 heterocycles. The van der Waals surface area contributed by atoms with E-state index >= 15 is 0 Å². The van der Waals surface area contributed by atoms with Gasteiger partial charge in [0, 0.05) is 50.4 Å². The topological polar surface area (TPSA) is 94.0 Å². The number of likely N-dealkylation sites (tertiary alicyclic amines) is 1. The minimum Gasteiger partial charge on any atom is -0.497 e. The minimum absolute atomic E-state index is 0.0523. The molecule has 2 amide bonds. The predicted molar refractivity (Wildman–Crippen MR) is 165 cm³/mol. The molecule has 9 heteroatoms. The third-order valence-electron chi connectivity index (χ3n) is 9.03. The fourth-order valence-corrected chi connectivity index (χ4v) is 7.10. The second-order valence-electron chi connectivity index (χ2n) is 11.7. The van der Waals surface area contributed by atoms with Crippen LogP contribution < -0.4 is 4.74 Å². The predicted octanol–water partition coefficient (Wildman–Crippen LogP) is 4.21. The van der Waals surface area contributed by atoms with Gasteiger partial charge in [-0.15, -0.1) is 0 Å². The fourth-order valence-electron chi connectivity index (χ4n) is 7.10. The van der Waals surface area contributed by atoms with Crippen LogP contribution in [-0.2, 0) is 28.9 Å². The van der Waals surface area contributed by atoms with Gasteiger partial charge in [-0.1, -0.05) is 36.4 Å². The summed E-state index contributed by atoms with van der Waals surface area (Å²) in [6, 6.07) is 24.3. The maximum absolute atomic E-state index is 14.3. The number of esters is 1. The fraction of sp³-hybridized carbons (Fsp3) is 0.314. The van der Waals surface area contributed by atoms with Gasteiger partial charge in [0.15, 0.2) is 5.54 Å². The quantitative estimate of drug-likeness (QED) is 0.285. The molecule has 0 spiro atoms. The number of aromatic nitrogens is 2. The van der Waals surface area contributed by atoms with Crippen LogP contribution in [0.1, 0.15) is 49.3 Å². The lowest BCUT2D eigenvalue weighted by molar-refractivity contribution is -0.153. The van der Waals surface area contributed by atoms with E-state index in [1.807, 2.05) is 71.3 Å². The van der Waals surface area contributed by atoms with E-state index in [-0.39, 0.29) is 24.2 Å². The molecule has 9 nitrogen and oxygen atoms in total. The van der Waals surface area contributed by atoms with Crippen LogP contribution in [0.25, 0.3) is 0 Å². The van der Waals surface area contributed by atoms with Gasteiger partial charge in [0.1, 0.15) is 11.4 Å². The summed E-state index contributed by atoms with van der Waals surface area (Å²) < 4.78 is 13.0. The normalized spacial score (nSPS) is 20.1. The molecule has 226 valence electrons. The highest BCUT2D eigenvalue weighted by Crippen LogP contribution is 2.55. The van der Waals surface area contributed by atoms with Crippen LogP contribution in [0.2, 0.25) is 0 Å². The van der Waals surface area contributed by atoms with Crippen molar-refractivity contribution in [3.8, 4) is 5.75 Å². The van der Waals surface area contributed by atoms with Crippen LogP contribution in [-0.4, -0.2) is 77.5 Å². The summed E-state index contributed by atoms with van der Waals surface area (Å²) in [4.78, 5) is 49.8. The molecule has 6 rings (SSSR count). The summed E-state index contributed by atoms with van der Waals surface area (Å²) in [5, 5.41) is 0. The van der Waals surface area contributed by atoms with E-state index < -0.39 is 17.4 Å². The Hall–Kier alpha value is -4.92. The number of pyridine rings is 1. The standard InChI is InChI=1S/C35H36N4O5/c1-37(2)33(41)30-19-28-29(38(30)22-26-12-8-9-17-36-26)18-25-21-39(32(40)24-10-6-5-7-11-24)35(31(25)28,34(42)44-4)20-23-13-15-27(43-3)16-14-23/h5-17,19,25,31H,18,20-22H2,1-4H3/t25-,31+,35+/m0/s1. The van der Waals surface area contributed by atoms with Crippen LogP contribution in [0.5, 0.6) is 5.75 Å². The zero-order valence-electron chi connectivity index (χ0n) is 25.4. The van der Waals surface area contributed by atoms with Crippen molar-refractivity contribution in [2.75, 3.05) is 34.9 Å². The monoisotopic (exact) mass is 592 g/mol. The molecule has 0 bridgehead atoms. The number of carbonyl (C=O) groups excluding carboxylic acids is 3. The Labute approximate surface area is 257 Å². The van der Waals surface area contributed by atoms with Crippen molar-refractivity contribution in [2.45, 2.75) is 30.8 Å². The van der Waals surface area contributed by atoms with Gasteiger partial charge < -0.3 is 23.8 Å². The molecule has 0 N–H and O–H groups in total. The van der Waals surface area contributed by atoms with Crippen LogP contribution >= 0.6 is 0 Å². The van der Waals surface area contributed by atoms with E-state index in [4.69, 9.17) is 9.47 Å². The van der Waals surface area contributed by atoms with E-state index in [2.05, 4.69) is 4.98 Å². The van der Waals surface area contributed by atoms with Gasteiger partial charge in [0.25, 0.3) is 11.8 Å². The summed E-state index contributed by atoms with van der Waals surface area (Å²) >= 11 is 0. The SMILES string of the molecule is COC(=O)[C@@]1(Cc2ccc(OC)cc2)[C@H]2c3cc(C(=O)N(C)C)n(Cc4ccccn4)c3C[C@H]2CN1C(=O)c1ccccc1. The number of benzene rings is 2. The van der Waals surface area contributed by atoms with Crippen LogP contribution in [0.3, 0.4) is 0 Å². The number of ether oxygens (including phenoxy) is 2. The van der Waals surface area contributed by atoms with E-state index in [1.165, 1.54) is 7.11 Å². The first-order valence-corrected chi connectivity index (χ1v) is 14.7. The molecule has 44 heavy (non-hydrogen) atoms. The van der Waals surface area contributed by atoms with Crippen molar-refractivity contribution >= 4 is 17.8 Å². The van der Waals surface area contributed by atoms with E-state index in [0.29, 0.717) is 36.5 Å². The summed E-state index contributed by atoms with van der Waals surface area (Å²) in [6.45, 7) is 0.791. The largest absolute Gasteiger partial charge is 0.497 e. The van der Waals surface area contributed by atoms with Gasteiger partial charge in [-0.05, 0) is 65.9 Å². The molecule has 2 aromatic heterocycles. The van der Waals surface area contributed by atoms with Gasteiger partial charge in [-0.3, -0.25) is 14.6 Å². The second-order valence-corrected chi connectivity index (χ2v) is 11.7. The molecule has 2 aliphatic rings. The highest BCUT2D eigenvalue weighted by molar-refractivity contribution is 6.00. The minimum atomic E-state index is -1.35. The van der Waals surface area contributed by atoms with Crippen LogP contribution in [0.15, 0.2) is 85.1 Å². The molecule has 3 atom stereocenters. The van der Waals surface area contributed by atoms with Crippen molar-refractivity contribution in [1.29, 1.82) is 0 Å². The first-order chi connectivity index (χ1) is 21.3. The van der Waals surface area contributed by atoms with Crippen molar-refractivity contribution in [2.24, 2.45) is 5.92 Å². The second kappa shape index (κ2) is 11.6. The Morgan fingerprint density at radius 1 is 0.977 bits per heavy atom. The third kappa shape index (κ3) is 4.82. The molecular weight excluding hydrogens is 556 g/mol. The molecule has 4 aromatic rings. The Balaban J connectivity index is 1.53. The molecule has 1 fully saturated rings. The van der Waals surface area contributed by atoms with Gasteiger partial charge in [0.2, 0.25) is 0 Å². The number of hydrogen-bond acceptors (Lipinski definition) is 6. The lowest BCUT2D eigenvalue weighted by Gasteiger charge is -2.40. The smallest absolute Gasteiger partial charge is 0.332 e. The van der Waals surface area contributed by atoms with Gasteiger partial charge in [-0.25, -0.2) is 4.79 Å². The number of hydrogen-bond donors (Lipinski definition) is 0. The molecule has 0 radical (unpaired) electrons. The van der Waals surface area contributed by atoms with Gasteiger partial charge >= 0.3 is 5.97 Å². The Kier molecular flexibility index (Phi) is 7.71. The van der Waals surface area contributed by atoms with Crippen molar-refractivity contribution in [3.63, 3.8) is 0 Å². The summed E-state index contributed by atoms with van der Waals surface area (Å²) in [7, 11) is 6.44. The first kappa shape index (κ1) is 29.2. The van der Waals surface area contributed by atoms with E-state index in [9.17, 15) is 14.4 Å². The van der Waals surface area contributed by atoms with Crippen molar-refractivity contribution < 1.29 is 23.9 Å². The summed E-state index contributed by atoms with van der Waals surface area (Å²) in [6.07, 6.45) is 2.59. The Morgan fingerprint density at radius 2 is 1.70 bits per heavy atom. The molecule has 1 aliphatic carbocycles. The van der Waals surface area contributed by atoms with E-state index in [0.717, 1.165) is 22.5 Å². The van der Waals surface area contributed by atoms with Gasteiger partial charge in [-0.2, -0.15) is 0 Å². The molecule has 2 aromatic carbocycles. The lowest BCUT2D eigenvalue weighted by atomic mass is 9.75. The zero-order chi connectivity index (χ0) is 31.0. The first-order valence-electron chi connectivity index (χ1n) is 14.7. The summed E-state index contributed by atoms with van der Waals surface area (Å²) in [5.74, 6) is -0.583. The van der Waals surface area contributed by atoms with Crippen LogP contribution in [0, 0.1) is 5.92 Å². The summed E-state index contributed by atoms with van der Waals surface area (Å²) in [5.41, 5.74) is 3.28. The van der Waals surface area contributed by atoms with Gasteiger partial charge in [0.05, 0.1) is 26.5 Å². The number of amides is 2. The lowest BCUT2D eigenvalue weighted by Crippen LogP contribution is -2.58. The molecule has 1 saturated heterocycles. The Morgan fingerprint density at radius 3 is 2.34 bits per heavy atom. The average molecular weight is 593 g/mol. The third-order valence-corrected chi connectivity index (χ3v) is 9.03. The number of methoxy groups -OCH3 is 2. The highest BCUT2D eigenvalue weighted by Gasteiger charge is 2.64. The number of fused-ring (bicyclic) bond motifs is 3. The highest BCUT2D eigenvalue weighted by atomic mass is 16.5. The number of carbonyl (C=O) groups is 3. The maximum atomic E-state index is 14.3. The van der Waals surface area contributed by atoms with Crippen molar-refractivity contribution in [1.82, 2.24) is 19.4 Å². The Bertz CT molecular complexity index is 1680. The molecule has 1 aliphatic heterocycles. The van der Waals surface area contributed by atoms with Crippen molar-refractivity contribution in [3.05, 3.63) is 119 Å². The number of nitrogens with zero attached hydrogens (tertiary/aromatic N) is 4. The molecular formula is C35H36N4O5. The zero-order valence-corrected chi connectivity index (χ0v) is 25.4. The molecule has 0 saturated carbocycles. The van der Waals surface area contributed by atoms with E-state index in [1.54, 1.807) is 49.3 Å².